The second kappa shape index (κ2) is 4.77. The van der Waals surface area contributed by atoms with Crippen LogP contribution >= 0.6 is 0 Å². The van der Waals surface area contributed by atoms with E-state index in [1.165, 1.54) is 6.42 Å². The highest BCUT2D eigenvalue weighted by molar-refractivity contribution is 5.90. The third kappa shape index (κ3) is 2.78. The van der Waals surface area contributed by atoms with Crippen LogP contribution in [0.3, 0.4) is 0 Å². The van der Waals surface area contributed by atoms with Crippen LogP contribution in [0, 0.1) is 0 Å². The van der Waals surface area contributed by atoms with Gasteiger partial charge >= 0.3 is 6.03 Å². The molecule has 0 spiro atoms. The Morgan fingerprint density at radius 2 is 2.24 bits per heavy atom. The normalized spacial score (nSPS) is 15.8. The van der Waals surface area contributed by atoms with Gasteiger partial charge in [-0.15, -0.1) is 0 Å². The van der Waals surface area contributed by atoms with Gasteiger partial charge in [0.1, 0.15) is 0 Å². The molecule has 0 bridgehead atoms. The topological polar surface area (TPSA) is 59.0 Å². The smallest absolute Gasteiger partial charge is 0.319 e. The van der Waals surface area contributed by atoms with Crippen LogP contribution < -0.4 is 10.6 Å². The second-order valence-electron chi connectivity index (χ2n) is 4.98. The average Bonchev–Trinajstić information content (AvgIpc) is 2.53. The lowest BCUT2D eigenvalue weighted by Crippen LogP contribution is -2.41. The lowest BCUT2D eigenvalue weighted by molar-refractivity contribution is 0.240. The van der Waals surface area contributed by atoms with Crippen molar-refractivity contribution >= 4 is 11.7 Å². The first-order chi connectivity index (χ1) is 8.06. The summed E-state index contributed by atoms with van der Waals surface area (Å²) in [6.45, 7) is 4.13. The number of carbonyl (C=O) groups is 1. The second-order valence-corrected chi connectivity index (χ2v) is 4.98. The minimum absolute atomic E-state index is 0.121. The van der Waals surface area contributed by atoms with Gasteiger partial charge in [0.05, 0.1) is 11.4 Å². The molecule has 1 saturated carbocycles. The zero-order valence-corrected chi connectivity index (χ0v) is 10.7. The molecule has 0 aliphatic heterocycles. The molecule has 1 aliphatic carbocycles. The third-order valence-corrected chi connectivity index (χ3v) is 3.09. The lowest BCUT2D eigenvalue weighted by Gasteiger charge is -2.26. The van der Waals surface area contributed by atoms with Crippen molar-refractivity contribution in [2.24, 2.45) is 7.05 Å². The number of rotatable bonds is 3. The number of carbonyl (C=O) groups excluding carboxylic acids is 1. The van der Waals surface area contributed by atoms with Crippen LogP contribution in [0.4, 0.5) is 10.5 Å². The van der Waals surface area contributed by atoms with Crippen molar-refractivity contribution in [2.75, 3.05) is 5.32 Å². The number of amides is 2. The Bertz CT molecular complexity index is 407. The molecule has 1 aliphatic rings. The molecule has 1 heterocycles. The molecule has 5 heteroatoms. The van der Waals surface area contributed by atoms with Gasteiger partial charge in [-0.2, -0.15) is 5.10 Å². The number of hydrogen-bond donors (Lipinski definition) is 2. The maximum atomic E-state index is 11.7. The van der Waals surface area contributed by atoms with Gasteiger partial charge in [0.25, 0.3) is 0 Å². The molecule has 0 unspecified atom stereocenters. The van der Waals surface area contributed by atoms with Gasteiger partial charge in [-0.05, 0) is 25.2 Å². The van der Waals surface area contributed by atoms with Crippen LogP contribution in [0.25, 0.3) is 0 Å². The lowest BCUT2D eigenvalue weighted by atomic mass is 9.93. The molecule has 0 saturated heterocycles. The number of nitrogens with one attached hydrogen (secondary N) is 2. The third-order valence-electron chi connectivity index (χ3n) is 3.09. The number of anilines is 1. The predicted octanol–water partition coefficient (Wildman–Crippen LogP) is 2.22. The van der Waals surface area contributed by atoms with Gasteiger partial charge in [0, 0.05) is 19.3 Å². The highest BCUT2D eigenvalue weighted by Crippen LogP contribution is 2.22. The molecule has 0 radical (unpaired) electrons. The summed E-state index contributed by atoms with van der Waals surface area (Å²) >= 11 is 0. The summed E-state index contributed by atoms with van der Waals surface area (Å²) in [5.74, 6) is 0.301. The molecule has 2 rings (SSSR count). The minimum atomic E-state index is -0.121. The van der Waals surface area contributed by atoms with Gasteiger partial charge in [-0.1, -0.05) is 13.8 Å². The standard InChI is InChI=1S/C12H20N4O/c1-8(2)11-10(7-16(3)15-11)14-12(17)13-9-5-4-6-9/h7-9H,4-6H2,1-3H3,(H2,13,14,17). The number of urea groups is 1. The van der Waals surface area contributed by atoms with Crippen molar-refractivity contribution < 1.29 is 4.79 Å². The van der Waals surface area contributed by atoms with Crippen molar-refractivity contribution in [1.82, 2.24) is 15.1 Å². The summed E-state index contributed by atoms with van der Waals surface area (Å²) in [6.07, 6.45) is 5.25. The fraction of sp³-hybridized carbons (Fsp3) is 0.667. The molecule has 0 aromatic carbocycles. The molecular formula is C12H20N4O. The van der Waals surface area contributed by atoms with Crippen molar-refractivity contribution in [3.8, 4) is 0 Å². The number of nitrogens with zero attached hydrogens (tertiary/aromatic N) is 2. The van der Waals surface area contributed by atoms with Gasteiger partial charge in [0.2, 0.25) is 0 Å². The SMILES string of the molecule is CC(C)c1nn(C)cc1NC(=O)NC1CCC1. The van der Waals surface area contributed by atoms with E-state index < -0.39 is 0 Å². The summed E-state index contributed by atoms with van der Waals surface area (Å²) < 4.78 is 1.73. The van der Waals surface area contributed by atoms with Crippen LogP contribution in [-0.2, 0) is 7.05 Å². The molecule has 1 fully saturated rings. The highest BCUT2D eigenvalue weighted by atomic mass is 16.2. The largest absolute Gasteiger partial charge is 0.335 e. The summed E-state index contributed by atoms with van der Waals surface area (Å²) in [4.78, 5) is 11.7. The quantitative estimate of drug-likeness (QED) is 0.845. The van der Waals surface area contributed by atoms with Crippen LogP contribution in [0.2, 0.25) is 0 Å². The zero-order chi connectivity index (χ0) is 12.4. The average molecular weight is 236 g/mol. The Hall–Kier alpha value is -1.52. The Labute approximate surface area is 102 Å². The monoisotopic (exact) mass is 236 g/mol. The van der Waals surface area contributed by atoms with Gasteiger partial charge < -0.3 is 10.6 Å². The first-order valence-corrected chi connectivity index (χ1v) is 6.17. The predicted molar refractivity (Wildman–Crippen MR) is 67.1 cm³/mol. The fourth-order valence-corrected chi connectivity index (χ4v) is 1.92. The maximum Gasteiger partial charge on any atom is 0.319 e. The van der Waals surface area contributed by atoms with E-state index in [1.807, 2.05) is 13.2 Å². The van der Waals surface area contributed by atoms with E-state index in [2.05, 4.69) is 29.6 Å². The van der Waals surface area contributed by atoms with Gasteiger partial charge in [-0.25, -0.2) is 4.79 Å². The van der Waals surface area contributed by atoms with Crippen LogP contribution in [-0.4, -0.2) is 21.9 Å². The first-order valence-electron chi connectivity index (χ1n) is 6.17. The molecule has 0 atom stereocenters. The maximum absolute atomic E-state index is 11.7. The highest BCUT2D eigenvalue weighted by Gasteiger charge is 2.20. The number of aromatic nitrogens is 2. The van der Waals surface area contributed by atoms with Crippen molar-refractivity contribution in [2.45, 2.75) is 45.1 Å². The number of hydrogen-bond acceptors (Lipinski definition) is 2. The van der Waals surface area contributed by atoms with Crippen LogP contribution in [0.1, 0.15) is 44.7 Å². The molecular weight excluding hydrogens is 216 g/mol. The van der Waals surface area contributed by atoms with E-state index in [0.29, 0.717) is 12.0 Å². The van der Waals surface area contributed by atoms with Crippen molar-refractivity contribution in [3.63, 3.8) is 0 Å². The van der Waals surface area contributed by atoms with Gasteiger partial charge in [0.15, 0.2) is 0 Å². The molecule has 5 nitrogen and oxygen atoms in total. The van der Waals surface area contributed by atoms with E-state index in [4.69, 9.17) is 0 Å². The first kappa shape index (κ1) is 12.0. The summed E-state index contributed by atoms with van der Waals surface area (Å²) in [5.41, 5.74) is 1.73. The minimum Gasteiger partial charge on any atom is -0.335 e. The van der Waals surface area contributed by atoms with Crippen LogP contribution in [0.15, 0.2) is 6.20 Å². The van der Waals surface area contributed by atoms with E-state index >= 15 is 0 Å². The zero-order valence-electron chi connectivity index (χ0n) is 10.7. The van der Waals surface area contributed by atoms with E-state index in [0.717, 1.165) is 24.2 Å². The molecule has 1 aromatic heterocycles. The fourth-order valence-electron chi connectivity index (χ4n) is 1.92. The Balaban J connectivity index is 1.99. The summed E-state index contributed by atoms with van der Waals surface area (Å²) in [7, 11) is 1.86. The van der Waals surface area contributed by atoms with Crippen molar-refractivity contribution in [3.05, 3.63) is 11.9 Å². The molecule has 2 N–H and O–H groups in total. The van der Waals surface area contributed by atoms with Crippen molar-refractivity contribution in [1.29, 1.82) is 0 Å². The summed E-state index contributed by atoms with van der Waals surface area (Å²) in [6, 6.07) is 0.235. The van der Waals surface area contributed by atoms with Gasteiger partial charge in [-0.3, -0.25) is 4.68 Å². The Morgan fingerprint density at radius 1 is 1.53 bits per heavy atom. The molecule has 94 valence electrons. The Morgan fingerprint density at radius 3 is 2.76 bits per heavy atom. The van der Waals surface area contributed by atoms with E-state index in [-0.39, 0.29) is 6.03 Å². The molecule has 17 heavy (non-hydrogen) atoms. The molecule has 1 aromatic rings. The molecule has 2 amide bonds. The summed E-state index contributed by atoms with van der Waals surface area (Å²) in [5, 5.41) is 10.2. The Kier molecular flexibility index (Phi) is 3.36. The number of aryl methyl sites for hydroxylation is 1. The van der Waals surface area contributed by atoms with E-state index in [1.54, 1.807) is 4.68 Å². The van der Waals surface area contributed by atoms with Crippen LogP contribution in [0.5, 0.6) is 0 Å². The van der Waals surface area contributed by atoms with E-state index in [9.17, 15) is 4.79 Å².